The first-order chi connectivity index (χ1) is 10.8. The van der Waals surface area contributed by atoms with Crippen molar-refractivity contribution in [3.05, 3.63) is 53.6 Å². The fourth-order valence-electron chi connectivity index (χ4n) is 3.02. The summed E-state index contributed by atoms with van der Waals surface area (Å²) in [5, 5.41) is 14.3. The summed E-state index contributed by atoms with van der Waals surface area (Å²) in [5.41, 5.74) is 4.89. The van der Waals surface area contributed by atoms with Crippen molar-refractivity contribution in [3.63, 3.8) is 0 Å². The molecule has 0 bridgehead atoms. The van der Waals surface area contributed by atoms with Crippen molar-refractivity contribution >= 4 is 0 Å². The molecule has 0 aliphatic heterocycles. The zero-order chi connectivity index (χ0) is 15.1. The molecular formula is C18H15NO3. The number of phenolic OH excluding ortho intramolecular Hbond substituents is 1. The summed E-state index contributed by atoms with van der Waals surface area (Å²) in [4.78, 5) is 0. The number of ether oxygens (including phenoxy) is 1. The van der Waals surface area contributed by atoms with Gasteiger partial charge in [-0.2, -0.15) is 0 Å². The molecule has 0 spiro atoms. The second-order valence-corrected chi connectivity index (χ2v) is 5.38. The van der Waals surface area contributed by atoms with E-state index in [0.29, 0.717) is 11.3 Å². The molecule has 0 amide bonds. The van der Waals surface area contributed by atoms with E-state index in [0.717, 1.165) is 35.4 Å². The molecule has 4 heteroatoms. The Labute approximate surface area is 128 Å². The SMILES string of the molecule is COc1ccc2c(c1)CCc1c-2noc1-c1ccccc1O. The minimum Gasteiger partial charge on any atom is -0.507 e. The van der Waals surface area contributed by atoms with Gasteiger partial charge in [-0.05, 0) is 48.7 Å². The molecule has 3 aromatic rings. The van der Waals surface area contributed by atoms with Gasteiger partial charge < -0.3 is 14.4 Å². The van der Waals surface area contributed by atoms with Crippen molar-refractivity contribution in [2.45, 2.75) is 12.8 Å². The van der Waals surface area contributed by atoms with Crippen LogP contribution in [0, 0.1) is 0 Å². The van der Waals surface area contributed by atoms with E-state index in [1.165, 1.54) is 5.56 Å². The molecule has 110 valence electrons. The summed E-state index contributed by atoms with van der Waals surface area (Å²) in [5.74, 6) is 1.73. The number of methoxy groups -OCH3 is 1. The third-order valence-corrected chi connectivity index (χ3v) is 4.15. The molecule has 1 N–H and O–H groups in total. The Balaban J connectivity index is 1.86. The molecule has 1 aromatic heterocycles. The summed E-state index contributed by atoms with van der Waals surface area (Å²) in [6.07, 6.45) is 1.74. The number of hydrogen-bond donors (Lipinski definition) is 1. The van der Waals surface area contributed by atoms with E-state index < -0.39 is 0 Å². The van der Waals surface area contributed by atoms with Crippen LogP contribution in [0.25, 0.3) is 22.6 Å². The lowest BCUT2D eigenvalue weighted by atomic mass is 9.88. The minimum absolute atomic E-state index is 0.210. The van der Waals surface area contributed by atoms with Gasteiger partial charge in [0.05, 0.1) is 12.7 Å². The van der Waals surface area contributed by atoms with E-state index in [1.54, 1.807) is 19.2 Å². The Hall–Kier alpha value is -2.75. The number of rotatable bonds is 2. The number of aromatic hydroxyl groups is 1. The van der Waals surface area contributed by atoms with Crippen LogP contribution in [0.3, 0.4) is 0 Å². The maximum absolute atomic E-state index is 10.0. The van der Waals surface area contributed by atoms with Crippen LogP contribution >= 0.6 is 0 Å². The Bertz CT molecular complexity index is 851. The number of phenols is 1. The molecule has 22 heavy (non-hydrogen) atoms. The number of hydrogen-bond acceptors (Lipinski definition) is 4. The minimum atomic E-state index is 0.210. The van der Waals surface area contributed by atoms with Crippen LogP contribution < -0.4 is 4.74 Å². The summed E-state index contributed by atoms with van der Waals surface area (Å²) < 4.78 is 10.8. The highest BCUT2D eigenvalue weighted by Gasteiger charge is 2.26. The first-order valence-electron chi connectivity index (χ1n) is 7.22. The van der Waals surface area contributed by atoms with Gasteiger partial charge in [-0.25, -0.2) is 0 Å². The third-order valence-electron chi connectivity index (χ3n) is 4.15. The second-order valence-electron chi connectivity index (χ2n) is 5.38. The van der Waals surface area contributed by atoms with Crippen molar-refractivity contribution < 1.29 is 14.4 Å². The molecule has 4 nitrogen and oxygen atoms in total. The lowest BCUT2D eigenvalue weighted by Gasteiger charge is -2.16. The van der Waals surface area contributed by atoms with E-state index in [-0.39, 0.29) is 5.75 Å². The fraction of sp³-hybridized carbons (Fsp3) is 0.167. The number of benzene rings is 2. The van der Waals surface area contributed by atoms with Gasteiger partial charge in [-0.15, -0.1) is 0 Å². The van der Waals surface area contributed by atoms with E-state index in [4.69, 9.17) is 9.26 Å². The molecule has 0 saturated carbocycles. The fourth-order valence-corrected chi connectivity index (χ4v) is 3.02. The normalized spacial score (nSPS) is 12.6. The van der Waals surface area contributed by atoms with Gasteiger partial charge in [0.1, 0.15) is 17.2 Å². The van der Waals surface area contributed by atoms with Crippen molar-refractivity contribution in [2.24, 2.45) is 0 Å². The maximum atomic E-state index is 10.0. The van der Waals surface area contributed by atoms with Crippen LogP contribution in [0.15, 0.2) is 47.0 Å². The van der Waals surface area contributed by atoms with Gasteiger partial charge in [-0.3, -0.25) is 0 Å². The number of nitrogens with zero attached hydrogens (tertiary/aromatic N) is 1. The van der Waals surface area contributed by atoms with Gasteiger partial charge in [0, 0.05) is 11.1 Å². The van der Waals surface area contributed by atoms with E-state index in [9.17, 15) is 5.11 Å². The van der Waals surface area contributed by atoms with Crippen molar-refractivity contribution in [1.29, 1.82) is 0 Å². The van der Waals surface area contributed by atoms with Crippen LogP contribution in [0.2, 0.25) is 0 Å². The average molecular weight is 293 g/mol. The van der Waals surface area contributed by atoms with Crippen LogP contribution in [0.5, 0.6) is 11.5 Å². The van der Waals surface area contributed by atoms with Gasteiger partial charge in [0.15, 0.2) is 5.76 Å². The highest BCUT2D eigenvalue weighted by molar-refractivity contribution is 5.78. The predicted molar refractivity (Wildman–Crippen MR) is 83.0 cm³/mol. The topological polar surface area (TPSA) is 55.5 Å². The predicted octanol–water partition coefficient (Wildman–Crippen LogP) is 3.82. The molecule has 0 atom stereocenters. The number of aromatic nitrogens is 1. The summed E-state index contributed by atoms with van der Waals surface area (Å²) in [7, 11) is 1.67. The molecule has 1 aliphatic carbocycles. The molecule has 0 saturated heterocycles. The van der Waals surface area contributed by atoms with Gasteiger partial charge >= 0.3 is 0 Å². The molecule has 2 aromatic carbocycles. The van der Waals surface area contributed by atoms with Gasteiger partial charge in [0.25, 0.3) is 0 Å². The quantitative estimate of drug-likeness (QED) is 0.780. The Morgan fingerprint density at radius 1 is 1.09 bits per heavy atom. The molecule has 1 heterocycles. The zero-order valence-electron chi connectivity index (χ0n) is 12.2. The molecule has 1 aliphatic rings. The number of para-hydroxylation sites is 1. The Kier molecular flexibility index (Phi) is 2.89. The largest absolute Gasteiger partial charge is 0.507 e. The highest BCUT2D eigenvalue weighted by atomic mass is 16.5. The van der Waals surface area contributed by atoms with E-state index in [1.807, 2.05) is 30.3 Å². The van der Waals surface area contributed by atoms with Crippen LogP contribution in [-0.2, 0) is 12.8 Å². The highest BCUT2D eigenvalue weighted by Crippen LogP contribution is 2.41. The third kappa shape index (κ3) is 1.88. The molecular weight excluding hydrogens is 278 g/mol. The summed E-state index contributed by atoms with van der Waals surface area (Å²) in [6, 6.07) is 13.2. The molecule has 0 radical (unpaired) electrons. The van der Waals surface area contributed by atoms with Crippen molar-refractivity contribution in [1.82, 2.24) is 5.16 Å². The monoisotopic (exact) mass is 293 g/mol. The van der Waals surface area contributed by atoms with Gasteiger partial charge in [-0.1, -0.05) is 17.3 Å². The van der Waals surface area contributed by atoms with E-state index >= 15 is 0 Å². The maximum Gasteiger partial charge on any atom is 0.174 e. The molecule has 0 fully saturated rings. The van der Waals surface area contributed by atoms with Crippen molar-refractivity contribution in [2.75, 3.05) is 7.11 Å². The summed E-state index contributed by atoms with van der Waals surface area (Å²) in [6.45, 7) is 0. The Morgan fingerprint density at radius 3 is 2.77 bits per heavy atom. The zero-order valence-corrected chi connectivity index (χ0v) is 12.2. The van der Waals surface area contributed by atoms with E-state index in [2.05, 4.69) is 5.16 Å². The first kappa shape index (κ1) is 13.0. The number of aryl methyl sites for hydroxylation is 1. The van der Waals surface area contributed by atoms with Crippen molar-refractivity contribution in [3.8, 4) is 34.1 Å². The Morgan fingerprint density at radius 2 is 1.95 bits per heavy atom. The second kappa shape index (κ2) is 4.91. The first-order valence-corrected chi connectivity index (χ1v) is 7.22. The van der Waals surface area contributed by atoms with Gasteiger partial charge in [0.2, 0.25) is 0 Å². The summed E-state index contributed by atoms with van der Waals surface area (Å²) >= 11 is 0. The van der Waals surface area contributed by atoms with Crippen LogP contribution in [0.4, 0.5) is 0 Å². The van der Waals surface area contributed by atoms with Crippen LogP contribution in [0.1, 0.15) is 11.1 Å². The average Bonchev–Trinajstić information content (AvgIpc) is 2.99. The lowest BCUT2D eigenvalue weighted by Crippen LogP contribution is -2.03. The standard InChI is InChI=1S/C18H15NO3/c1-21-12-7-9-13-11(10-12)6-8-15-17(13)19-22-18(15)14-4-2-3-5-16(14)20/h2-5,7,9-10,20H,6,8H2,1H3. The van der Waals surface area contributed by atoms with Crippen LogP contribution in [-0.4, -0.2) is 17.4 Å². The molecule has 4 rings (SSSR count). The number of fused-ring (bicyclic) bond motifs is 3. The smallest absolute Gasteiger partial charge is 0.174 e. The lowest BCUT2D eigenvalue weighted by molar-refractivity contribution is 0.414. The molecule has 0 unspecified atom stereocenters.